The van der Waals surface area contributed by atoms with Crippen molar-refractivity contribution in [2.75, 3.05) is 29.0 Å². The Kier molecular flexibility index (Phi) is 11.1. The molecule has 1 fully saturated rings. The van der Waals surface area contributed by atoms with Gasteiger partial charge in [-0.25, -0.2) is 4.98 Å². The molecule has 0 radical (unpaired) electrons. The number of aromatic nitrogens is 4. The molecule has 1 atom stereocenters. The molecule has 2 aliphatic heterocycles. The van der Waals surface area contributed by atoms with Crippen LogP contribution in [0, 0.1) is 12.8 Å². The minimum absolute atomic E-state index is 0.0679. The van der Waals surface area contributed by atoms with Crippen LogP contribution < -0.4 is 16.0 Å². The normalized spacial score (nSPS) is 15.4. The number of anilines is 5. The third-order valence-corrected chi connectivity index (χ3v) is 8.01. The van der Waals surface area contributed by atoms with Gasteiger partial charge in [-0.3, -0.25) is 24.2 Å². The number of amides is 2. The summed E-state index contributed by atoms with van der Waals surface area (Å²) in [5.41, 5.74) is 4.60. The topological polar surface area (TPSA) is 172 Å². The molecule has 6 rings (SSSR count). The number of carbonyl (C=O) groups excluding carboxylic acids is 4. The van der Waals surface area contributed by atoms with Gasteiger partial charge in [-0.2, -0.15) is 31.3 Å². The molecule has 0 spiro atoms. The number of carbonyl (C=O) groups is 4. The van der Waals surface area contributed by atoms with Crippen LogP contribution in [0.1, 0.15) is 40.2 Å². The molecule has 2 aliphatic rings. The Labute approximate surface area is 295 Å². The molecule has 1 saturated heterocycles. The van der Waals surface area contributed by atoms with E-state index in [0.717, 1.165) is 41.0 Å². The molecule has 0 saturated carbocycles. The lowest BCUT2D eigenvalue weighted by atomic mass is 10.0. The SMILES string of the molecule is Cc1cc(C(=O)N2CC[C@@H](CC(=O)Nc3ccc4cc3CCc3cncc(c3)Nc3ncc(Cl)c(n3)N4)C2)no1.O=C(C(=O)C(F)(F)F)C(F)(F)F. The zero-order valence-electron chi connectivity index (χ0n) is 26.9. The fourth-order valence-electron chi connectivity index (χ4n) is 5.29. The Morgan fingerprint density at radius 2 is 1.69 bits per heavy atom. The van der Waals surface area contributed by atoms with Crippen LogP contribution in [0.4, 0.5) is 55.2 Å². The van der Waals surface area contributed by atoms with Gasteiger partial charge in [0.1, 0.15) is 10.8 Å². The number of rotatable bonds is 5. The monoisotopic (exact) mass is 752 g/mol. The van der Waals surface area contributed by atoms with Crippen molar-refractivity contribution < 1.29 is 50.0 Å². The summed E-state index contributed by atoms with van der Waals surface area (Å²) in [5.74, 6) is -5.55. The van der Waals surface area contributed by atoms with Crippen molar-refractivity contribution in [1.82, 2.24) is 25.0 Å². The molecule has 0 aliphatic carbocycles. The van der Waals surface area contributed by atoms with Gasteiger partial charge in [-0.1, -0.05) is 16.8 Å². The third kappa shape index (κ3) is 9.59. The van der Waals surface area contributed by atoms with Gasteiger partial charge in [-0.05, 0) is 67.5 Å². The van der Waals surface area contributed by atoms with Gasteiger partial charge in [0.2, 0.25) is 11.9 Å². The highest BCUT2D eigenvalue weighted by atomic mass is 35.5. The standard InChI is InChI=1S/C28H27ClN8O3.C4F6O2/c1-16-8-24(36-40-16)27(39)37-7-6-18(15-37)10-25(38)34-23-5-4-20-11-19(23)3-2-17-9-21(13-30-12-17)33-28-31-14-22(29)26(32-20)35-28;5-3(6,7)1(11)2(12)4(8,9)10/h4-5,8-9,11-14,18H,2-3,6-7,10,15H2,1H3,(H,34,38)(H2,31,32,33,35);/t18-;/m0./s1. The number of benzene rings is 1. The first-order chi connectivity index (χ1) is 24.5. The van der Waals surface area contributed by atoms with Crippen LogP contribution in [0.3, 0.4) is 0 Å². The van der Waals surface area contributed by atoms with E-state index in [-0.39, 0.29) is 17.7 Å². The zero-order chi connectivity index (χ0) is 37.8. The second-order valence-electron chi connectivity index (χ2n) is 11.7. The molecule has 274 valence electrons. The fraction of sp³-hybridized carbons (Fsp3) is 0.312. The van der Waals surface area contributed by atoms with E-state index in [1.165, 1.54) is 6.20 Å². The van der Waals surface area contributed by atoms with Crippen molar-refractivity contribution in [2.45, 2.75) is 45.0 Å². The van der Waals surface area contributed by atoms with Crippen molar-refractivity contribution in [3.8, 4) is 0 Å². The van der Waals surface area contributed by atoms with Gasteiger partial charge in [-0.15, -0.1) is 0 Å². The minimum Gasteiger partial charge on any atom is -0.361 e. The third-order valence-electron chi connectivity index (χ3n) is 7.74. The summed E-state index contributed by atoms with van der Waals surface area (Å²) in [6.07, 6.45) is -4.00. The summed E-state index contributed by atoms with van der Waals surface area (Å²) in [5, 5.41) is 13.8. The predicted molar refractivity (Wildman–Crippen MR) is 172 cm³/mol. The average Bonchev–Trinajstić information content (AvgIpc) is 3.73. The number of aryl methyl sites for hydroxylation is 3. The summed E-state index contributed by atoms with van der Waals surface area (Å²) >= 11 is 6.36. The molecule has 4 aromatic rings. The molecular formula is C32H27ClF6N8O5. The van der Waals surface area contributed by atoms with Crippen LogP contribution in [-0.2, 0) is 27.2 Å². The number of fused-ring (bicyclic) bond motifs is 6. The average molecular weight is 753 g/mol. The fourth-order valence-corrected chi connectivity index (χ4v) is 5.42. The van der Waals surface area contributed by atoms with Crippen molar-refractivity contribution in [3.63, 3.8) is 0 Å². The molecule has 6 bridgehead atoms. The van der Waals surface area contributed by atoms with Gasteiger partial charge in [0.05, 0.1) is 18.1 Å². The Morgan fingerprint density at radius 1 is 0.962 bits per heavy atom. The Balaban J connectivity index is 0.000000376. The molecule has 3 N–H and O–H groups in total. The molecule has 1 aromatic carbocycles. The Hall–Kier alpha value is -5.59. The van der Waals surface area contributed by atoms with Crippen LogP contribution in [0.2, 0.25) is 5.02 Å². The van der Waals surface area contributed by atoms with Crippen LogP contribution in [0.5, 0.6) is 0 Å². The number of nitrogens with zero attached hydrogens (tertiary/aromatic N) is 5. The first-order valence-electron chi connectivity index (χ1n) is 15.3. The van der Waals surface area contributed by atoms with Crippen LogP contribution >= 0.6 is 11.6 Å². The molecule has 13 nitrogen and oxygen atoms in total. The number of alkyl halides is 6. The predicted octanol–water partition coefficient (Wildman–Crippen LogP) is 6.15. The maximum atomic E-state index is 13.1. The molecule has 2 amide bonds. The highest BCUT2D eigenvalue weighted by Gasteiger charge is 2.54. The number of hydrogen-bond donors (Lipinski definition) is 3. The molecular weight excluding hydrogens is 726 g/mol. The van der Waals surface area contributed by atoms with Crippen molar-refractivity contribution in [2.24, 2.45) is 5.92 Å². The number of halogens is 7. The van der Waals surface area contributed by atoms with Crippen molar-refractivity contribution >= 4 is 63.8 Å². The number of ketones is 2. The van der Waals surface area contributed by atoms with E-state index in [4.69, 9.17) is 16.1 Å². The minimum atomic E-state index is -5.77. The van der Waals surface area contributed by atoms with E-state index in [9.17, 15) is 45.5 Å². The lowest BCUT2D eigenvalue weighted by molar-refractivity contribution is -0.193. The Bertz CT molecular complexity index is 1980. The summed E-state index contributed by atoms with van der Waals surface area (Å²) in [6, 6.07) is 9.39. The van der Waals surface area contributed by atoms with E-state index < -0.39 is 23.9 Å². The molecule has 5 heterocycles. The largest absolute Gasteiger partial charge is 0.458 e. The first-order valence-corrected chi connectivity index (χ1v) is 15.7. The number of likely N-dealkylation sites (tertiary alicyclic amines) is 1. The van der Waals surface area contributed by atoms with E-state index >= 15 is 0 Å². The van der Waals surface area contributed by atoms with Crippen LogP contribution in [-0.4, -0.2) is 73.8 Å². The zero-order valence-corrected chi connectivity index (χ0v) is 27.6. The lowest BCUT2D eigenvalue weighted by Gasteiger charge is -2.16. The smallest absolute Gasteiger partial charge is 0.361 e. The van der Waals surface area contributed by atoms with E-state index in [0.29, 0.717) is 54.2 Å². The molecule has 0 unspecified atom stereocenters. The second kappa shape index (κ2) is 15.3. The molecule has 20 heteroatoms. The molecule has 52 heavy (non-hydrogen) atoms. The summed E-state index contributed by atoms with van der Waals surface area (Å²) in [4.78, 5) is 59.9. The maximum absolute atomic E-state index is 13.1. The van der Waals surface area contributed by atoms with Gasteiger partial charge in [0.15, 0.2) is 11.5 Å². The number of pyridine rings is 1. The van der Waals surface area contributed by atoms with Crippen LogP contribution in [0.15, 0.2) is 53.4 Å². The number of nitrogens with one attached hydrogen (secondary N) is 3. The van der Waals surface area contributed by atoms with Gasteiger partial charge >= 0.3 is 23.9 Å². The first kappa shape index (κ1) is 37.7. The summed E-state index contributed by atoms with van der Waals surface area (Å²) in [6.45, 7) is 2.84. The van der Waals surface area contributed by atoms with Crippen LogP contribution in [0.25, 0.3) is 0 Å². The second-order valence-corrected chi connectivity index (χ2v) is 12.1. The molecule has 3 aromatic heterocycles. The quantitative estimate of drug-likeness (QED) is 0.158. The van der Waals surface area contributed by atoms with Gasteiger partial charge in [0.25, 0.3) is 5.91 Å². The van der Waals surface area contributed by atoms with Crippen molar-refractivity contribution in [3.05, 3.63) is 76.5 Å². The maximum Gasteiger partial charge on any atom is 0.458 e. The Morgan fingerprint density at radius 3 is 2.37 bits per heavy atom. The number of hydrogen-bond acceptors (Lipinski definition) is 11. The van der Waals surface area contributed by atoms with E-state index in [1.807, 2.05) is 30.5 Å². The highest BCUT2D eigenvalue weighted by molar-refractivity contribution is 6.41. The van der Waals surface area contributed by atoms with E-state index in [1.54, 1.807) is 24.1 Å². The van der Waals surface area contributed by atoms with Gasteiger partial charge < -0.3 is 25.4 Å². The number of Topliss-reactive ketones (excluding diaryl/α,β-unsaturated/α-hetero) is 2. The summed E-state index contributed by atoms with van der Waals surface area (Å²) < 4.78 is 72.0. The lowest BCUT2D eigenvalue weighted by Crippen LogP contribution is -2.39. The van der Waals surface area contributed by atoms with E-state index in [2.05, 4.69) is 36.1 Å². The summed E-state index contributed by atoms with van der Waals surface area (Å²) in [7, 11) is 0. The van der Waals surface area contributed by atoms with Crippen molar-refractivity contribution in [1.29, 1.82) is 0 Å². The van der Waals surface area contributed by atoms with Gasteiger partial charge in [0, 0.05) is 43.1 Å². The highest BCUT2D eigenvalue weighted by Crippen LogP contribution is 2.30.